The molecule has 0 radical (unpaired) electrons. The molecule has 2 aromatic carbocycles. The zero-order valence-electron chi connectivity index (χ0n) is 11.9. The van der Waals surface area contributed by atoms with Crippen molar-refractivity contribution in [2.24, 2.45) is 5.73 Å². The minimum Gasteiger partial charge on any atom is -0.326 e. The maximum Gasteiger partial charge on any atom is 0.0234 e. The fourth-order valence-electron chi connectivity index (χ4n) is 2.16. The Hall–Kier alpha value is -1.25. The second-order valence-electron chi connectivity index (χ2n) is 5.02. The van der Waals surface area contributed by atoms with Crippen molar-refractivity contribution >= 4 is 11.8 Å². The Kier molecular flexibility index (Phi) is 4.67. The Labute approximate surface area is 120 Å². The summed E-state index contributed by atoms with van der Waals surface area (Å²) >= 11 is 1.91. The molecule has 1 nitrogen and oxygen atoms in total. The van der Waals surface area contributed by atoms with Crippen LogP contribution in [0.5, 0.6) is 0 Å². The maximum absolute atomic E-state index is 5.66. The van der Waals surface area contributed by atoms with Crippen molar-refractivity contribution in [1.82, 2.24) is 0 Å². The van der Waals surface area contributed by atoms with Gasteiger partial charge in [0.2, 0.25) is 0 Å². The molecule has 0 aliphatic rings. The molecule has 2 heteroatoms. The van der Waals surface area contributed by atoms with E-state index >= 15 is 0 Å². The van der Waals surface area contributed by atoms with Gasteiger partial charge < -0.3 is 5.73 Å². The maximum atomic E-state index is 5.66. The van der Waals surface area contributed by atoms with Gasteiger partial charge in [0, 0.05) is 17.2 Å². The smallest absolute Gasteiger partial charge is 0.0234 e. The van der Waals surface area contributed by atoms with Gasteiger partial charge in [0.05, 0.1) is 0 Å². The third-order valence-corrected chi connectivity index (χ3v) is 4.58. The summed E-state index contributed by atoms with van der Waals surface area (Å²) in [6.45, 7) is 7.10. The Bertz CT molecular complexity index is 575. The summed E-state index contributed by atoms with van der Waals surface area (Å²) in [5.74, 6) is 1.01. The fourth-order valence-corrected chi connectivity index (χ4v) is 3.25. The van der Waals surface area contributed by atoms with Gasteiger partial charge in [-0.05, 0) is 49.1 Å². The van der Waals surface area contributed by atoms with Gasteiger partial charge in [-0.1, -0.05) is 35.9 Å². The number of aryl methyl sites for hydroxylation is 3. The Balaban J connectivity index is 2.10. The molecule has 2 rings (SSSR count). The average molecular weight is 271 g/mol. The molecule has 0 bridgehead atoms. The van der Waals surface area contributed by atoms with Gasteiger partial charge in [-0.2, -0.15) is 0 Å². The van der Waals surface area contributed by atoms with E-state index in [0.717, 1.165) is 5.75 Å². The zero-order valence-corrected chi connectivity index (χ0v) is 12.7. The number of benzene rings is 2. The monoisotopic (exact) mass is 271 g/mol. The molecule has 100 valence electrons. The second kappa shape index (κ2) is 6.27. The third kappa shape index (κ3) is 3.62. The molecule has 0 aliphatic carbocycles. The molecule has 0 unspecified atom stereocenters. The molecule has 0 atom stereocenters. The molecular weight excluding hydrogens is 250 g/mol. The molecule has 0 aromatic heterocycles. The van der Waals surface area contributed by atoms with E-state index < -0.39 is 0 Å². The van der Waals surface area contributed by atoms with E-state index in [1.165, 1.54) is 32.7 Å². The van der Waals surface area contributed by atoms with Crippen LogP contribution in [0.2, 0.25) is 0 Å². The molecule has 0 saturated heterocycles. The van der Waals surface area contributed by atoms with Gasteiger partial charge in [-0.15, -0.1) is 11.8 Å². The molecule has 0 fully saturated rings. The fraction of sp³-hybridized carbons (Fsp3) is 0.294. The molecule has 0 amide bonds. The van der Waals surface area contributed by atoms with E-state index in [1.54, 1.807) is 0 Å². The lowest BCUT2D eigenvalue weighted by atomic mass is 10.1. The van der Waals surface area contributed by atoms with Crippen molar-refractivity contribution in [2.45, 2.75) is 38.0 Å². The predicted octanol–water partition coefficient (Wildman–Crippen LogP) is 4.36. The minimum absolute atomic E-state index is 0.616. The lowest BCUT2D eigenvalue weighted by molar-refractivity contribution is 1.06. The number of hydrogen-bond acceptors (Lipinski definition) is 2. The van der Waals surface area contributed by atoms with E-state index in [1.807, 2.05) is 11.8 Å². The van der Waals surface area contributed by atoms with Gasteiger partial charge in [0.15, 0.2) is 0 Å². The van der Waals surface area contributed by atoms with Crippen molar-refractivity contribution in [3.05, 3.63) is 64.2 Å². The highest BCUT2D eigenvalue weighted by atomic mass is 32.2. The Morgan fingerprint density at radius 1 is 0.947 bits per heavy atom. The van der Waals surface area contributed by atoms with Gasteiger partial charge in [-0.3, -0.25) is 0 Å². The molecule has 0 aliphatic heterocycles. The van der Waals surface area contributed by atoms with E-state index in [4.69, 9.17) is 5.73 Å². The van der Waals surface area contributed by atoms with Crippen LogP contribution in [0.3, 0.4) is 0 Å². The summed E-state index contributed by atoms with van der Waals surface area (Å²) in [6, 6.07) is 13.2. The van der Waals surface area contributed by atoms with Crippen LogP contribution in [0.15, 0.2) is 41.3 Å². The Morgan fingerprint density at radius 3 is 2.37 bits per heavy atom. The summed E-state index contributed by atoms with van der Waals surface area (Å²) in [4.78, 5) is 1.37. The number of rotatable bonds is 4. The largest absolute Gasteiger partial charge is 0.326 e. The van der Waals surface area contributed by atoms with Crippen LogP contribution < -0.4 is 5.73 Å². The lowest BCUT2D eigenvalue weighted by Crippen LogP contribution is -1.97. The Morgan fingerprint density at radius 2 is 1.74 bits per heavy atom. The van der Waals surface area contributed by atoms with Crippen LogP contribution in [0.25, 0.3) is 0 Å². The SMILES string of the molecule is Cc1ccc(SCc2ccc(CN)cc2C)c(C)c1. The molecule has 0 saturated carbocycles. The number of hydrogen-bond donors (Lipinski definition) is 1. The number of thioether (sulfide) groups is 1. The third-order valence-electron chi connectivity index (χ3n) is 3.36. The molecule has 19 heavy (non-hydrogen) atoms. The van der Waals surface area contributed by atoms with Crippen LogP contribution in [0, 0.1) is 20.8 Å². The molecule has 0 spiro atoms. The highest BCUT2D eigenvalue weighted by molar-refractivity contribution is 7.98. The average Bonchev–Trinajstić information content (AvgIpc) is 2.39. The number of nitrogens with two attached hydrogens (primary N) is 1. The van der Waals surface area contributed by atoms with Crippen molar-refractivity contribution in [2.75, 3.05) is 0 Å². The molecule has 0 heterocycles. The molecule has 2 N–H and O–H groups in total. The van der Waals surface area contributed by atoms with Crippen LogP contribution in [0.4, 0.5) is 0 Å². The molecular formula is C17H21NS. The highest BCUT2D eigenvalue weighted by Crippen LogP contribution is 2.28. The highest BCUT2D eigenvalue weighted by Gasteiger charge is 2.03. The van der Waals surface area contributed by atoms with E-state index in [2.05, 4.69) is 57.2 Å². The van der Waals surface area contributed by atoms with Crippen LogP contribution >= 0.6 is 11.8 Å². The second-order valence-corrected chi connectivity index (χ2v) is 6.04. The van der Waals surface area contributed by atoms with Crippen molar-refractivity contribution < 1.29 is 0 Å². The van der Waals surface area contributed by atoms with E-state index in [-0.39, 0.29) is 0 Å². The quantitative estimate of drug-likeness (QED) is 0.836. The van der Waals surface area contributed by atoms with Crippen LogP contribution in [0.1, 0.15) is 27.8 Å². The first-order valence-electron chi connectivity index (χ1n) is 6.58. The normalized spacial score (nSPS) is 10.7. The first kappa shape index (κ1) is 14.2. The van der Waals surface area contributed by atoms with Gasteiger partial charge >= 0.3 is 0 Å². The summed E-state index contributed by atoms with van der Waals surface area (Å²) in [7, 11) is 0. The van der Waals surface area contributed by atoms with Crippen molar-refractivity contribution in [1.29, 1.82) is 0 Å². The van der Waals surface area contributed by atoms with Crippen LogP contribution in [-0.2, 0) is 12.3 Å². The first-order valence-corrected chi connectivity index (χ1v) is 7.57. The topological polar surface area (TPSA) is 26.0 Å². The molecule has 2 aromatic rings. The summed E-state index contributed by atoms with van der Waals surface area (Å²) in [5, 5.41) is 0. The summed E-state index contributed by atoms with van der Waals surface area (Å²) < 4.78 is 0. The standard InChI is InChI=1S/C17H21NS/c1-12-4-7-17(14(3)8-12)19-11-16-6-5-15(10-18)9-13(16)2/h4-9H,10-11,18H2,1-3H3. The van der Waals surface area contributed by atoms with Gasteiger partial charge in [0.25, 0.3) is 0 Å². The van der Waals surface area contributed by atoms with Gasteiger partial charge in [0.1, 0.15) is 0 Å². The van der Waals surface area contributed by atoms with Crippen molar-refractivity contribution in [3.63, 3.8) is 0 Å². The van der Waals surface area contributed by atoms with Crippen molar-refractivity contribution in [3.8, 4) is 0 Å². The zero-order chi connectivity index (χ0) is 13.8. The summed E-state index contributed by atoms with van der Waals surface area (Å²) in [6.07, 6.45) is 0. The van der Waals surface area contributed by atoms with Crippen LogP contribution in [-0.4, -0.2) is 0 Å². The summed E-state index contributed by atoms with van der Waals surface area (Å²) in [5.41, 5.74) is 12.3. The van der Waals surface area contributed by atoms with E-state index in [0.29, 0.717) is 6.54 Å². The van der Waals surface area contributed by atoms with E-state index in [9.17, 15) is 0 Å². The lowest BCUT2D eigenvalue weighted by Gasteiger charge is -2.10. The minimum atomic E-state index is 0.616. The van der Waals surface area contributed by atoms with Gasteiger partial charge in [-0.25, -0.2) is 0 Å². The predicted molar refractivity (Wildman–Crippen MR) is 84.5 cm³/mol. The first-order chi connectivity index (χ1) is 9.10.